The Morgan fingerprint density at radius 2 is 1.91 bits per heavy atom. The van der Waals surface area contributed by atoms with E-state index in [4.69, 9.17) is 10.5 Å². The van der Waals surface area contributed by atoms with Crippen molar-refractivity contribution in [3.05, 3.63) is 29.8 Å². The van der Waals surface area contributed by atoms with Crippen LogP contribution < -0.4 is 15.8 Å². The van der Waals surface area contributed by atoms with Crippen molar-refractivity contribution in [3.8, 4) is 0 Å². The fourth-order valence-electron chi connectivity index (χ4n) is 1.73. The molecule has 0 aliphatic rings. The predicted octanol–water partition coefficient (Wildman–Crippen LogP) is -0.247. The van der Waals surface area contributed by atoms with Gasteiger partial charge in [0.15, 0.2) is 0 Å². The predicted molar refractivity (Wildman–Crippen MR) is 83.8 cm³/mol. The summed E-state index contributed by atoms with van der Waals surface area (Å²) in [5.41, 5.74) is 6.41. The van der Waals surface area contributed by atoms with Crippen molar-refractivity contribution in [2.45, 2.75) is 24.3 Å². The normalized spacial score (nSPS) is 12.9. The minimum absolute atomic E-state index is 0.113. The van der Waals surface area contributed by atoms with E-state index in [-0.39, 0.29) is 43.0 Å². The molecule has 0 aliphatic heterocycles. The van der Waals surface area contributed by atoms with E-state index in [1.807, 2.05) is 6.92 Å². The van der Waals surface area contributed by atoms with Crippen LogP contribution in [0.3, 0.4) is 0 Å². The highest BCUT2D eigenvalue weighted by molar-refractivity contribution is 7.89. The molecule has 1 amide bonds. The van der Waals surface area contributed by atoms with Gasteiger partial charge in [-0.15, -0.1) is 0 Å². The van der Waals surface area contributed by atoms with Crippen molar-refractivity contribution in [2.75, 3.05) is 26.7 Å². The Balaban J connectivity index is 2.37. The van der Waals surface area contributed by atoms with Crippen LogP contribution in [-0.2, 0) is 19.6 Å². The Hall–Kier alpha value is -1.48. The first-order valence-electron chi connectivity index (χ1n) is 6.95. The van der Waals surface area contributed by atoms with Gasteiger partial charge in [-0.25, -0.2) is 13.1 Å². The first kappa shape index (κ1) is 18.6. The summed E-state index contributed by atoms with van der Waals surface area (Å²) >= 11 is 0. The number of rotatable bonds is 9. The molecule has 0 saturated carbocycles. The van der Waals surface area contributed by atoms with Gasteiger partial charge >= 0.3 is 0 Å². The molecule has 1 aromatic carbocycles. The average Bonchev–Trinajstić information content (AvgIpc) is 2.49. The van der Waals surface area contributed by atoms with Crippen LogP contribution >= 0.6 is 0 Å². The standard InChI is InChI=1S/C14H23N3O4S/c1-11-3-5-13(6-4-11)22(19,20)17-8-7-16-14(18)9-12(10-15)21-2/h3-6,12,17H,7-10,15H2,1-2H3,(H,16,18). The van der Waals surface area contributed by atoms with E-state index in [0.717, 1.165) is 5.56 Å². The van der Waals surface area contributed by atoms with Gasteiger partial charge in [0.2, 0.25) is 15.9 Å². The number of aryl methyl sites for hydroxylation is 1. The first-order chi connectivity index (χ1) is 10.4. The lowest BCUT2D eigenvalue weighted by Crippen LogP contribution is -2.37. The second-order valence-corrected chi connectivity index (χ2v) is 6.63. The second-order valence-electron chi connectivity index (χ2n) is 4.86. The molecule has 0 radical (unpaired) electrons. The van der Waals surface area contributed by atoms with E-state index >= 15 is 0 Å². The van der Waals surface area contributed by atoms with Crippen molar-refractivity contribution in [3.63, 3.8) is 0 Å². The third kappa shape index (κ3) is 6.10. The van der Waals surface area contributed by atoms with Crippen LogP contribution in [0.4, 0.5) is 0 Å². The largest absolute Gasteiger partial charge is 0.380 e. The molecular weight excluding hydrogens is 306 g/mol. The van der Waals surface area contributed by atoms with Crippen LogP contribution in [0.2, 0.25) is 0 Å². The lowest BCUT2D eigenvalue weighted by Gasteiger charge is -2.13. The summed E-state index contributed by atoms with van der Waals surface area (Å²) in [5, 5.41) is 2.61. The minimum Gasteiger partial charge on any atom is -0.380 e. The van der Waals surface area contributed by atoms with Gasteiger partial charge in [0.05, 0.1) is 17.4 Å². The summed E-state index contributed by atoms with van der Waals surface area (Å²) in [6.07, 6.45) is -0.179. The summed E-state index contributed by atoms with van der Waals surface area (Å²) in [6.45, 7) is 2.45. The number of carbonyl (C=O) groups is 1. The second kappa shape index (κ2) is 8.84. The van der Waals surface area contributed by atoms with Gasteiger partial charge in [0, 0.05) is 26.7 Å². The van der Waals surface area contributed by atoms with Gasteiger partial charge in [-0.1, -0.05) is 17.7 Å². The van der Waals surface area contributed by atoms with Crippen LogP contribution in [0.15, 0.2) is 29.2 Å². The summed E-state index contributed by atoms with van der Waals surface area (Å²) in [7, 11) is -2.07. The Morgan fingerprint density at radius 1 is 1.27 bits per heavy atom. The quantitative estimate of drug-likeness (QED) is 0.541. The third-order valence-corrected chi connectivity index (χ3v) is 4.56. The molecule has 124 valence electrons. The maximum atomic E-state index is 12.0. The Labute approximate surface area is 131 Å². The average molecular weight is 329 g/mol. The van der Waals surface area contributed by atoms with E-state index in [1.165, 1.54) is 7.11 Å². The molecule has 1 aromatic rings. The molecular formula is C14H23N3O4S. The molecule has 0 aromatic heterocycles. The molecule has 1 atom stereocenters. The third-order valence-electron chi connectivity index (χ3n) is 3.08. The van der Waals surface area contributed by atoms with E-state index < -0.39 is 10.0 Å². The maximum absolute atomic E-state index is 12.0. The first-order valence-corrected chi connectivity index (χ1v) is 8.43. The fourth-order valence-corrected chi connectivity index (χ4v) is 2.76. The monoisotopic (exact) mass is 329 g/mol. The zero-order chi connectivity index (χ0) is 16.6. The van der Waals surface area contributed by atoms with Crippen molar-refractivity contribution in [2.24, 2.45) is 5.73 Å². The van der Waals surface area contributed by atoms with Crippen LogP contribution in [0.1, 0.15) is 12.0 Å². The van der Waals surface area contributed by atoms with Gasteiger partial charge in [-0.3, -0.25) is 4.79 Å². The molecule has 8 heteroatoms. The lowest BCUT2D eigenvalue weighted by atomic mass is 10.2. The summed E-state index contributed by atoms with van der Waals surface area (Å²) in [5.74, 6) is -0.230. The Bertz CT molecular complexity index is 568. The summed E-state index contributed by atoms with van der Waals surface area (Å²) in [4.78, 5) is 11.8. The number of nitrogens with two attached hydrogens (primary N) is 1. The highest BCUT2D eigenvalue weighted by atomic mass is 32.2. The zero-order valence-corrected chi connectivity index (χ0v) is 13.7. The molecule has 1 unspecified atom stereocenters. The SMILES string of the molecule is COC(CN)CC(=O)NCCNS(=O)(=O)c1ccc(C)cc1. The maximum Gasteiger partial charge on any atom is 0.240 e. The van der Waals surface area contributed by atoms with Crippen molar-refractivity contribution in [1.29, 1.82) is 0 Å². The molecule has 4 N–H and O–H groups in total. The number of sulfonamides is 1. The van der Waals surface area contributed by atoms with Gasteiger partial charge in [-0.2, -0.15) is 0 Å². The van der Waals surface area contributed by atoms with Gasteiger partial charge in [0.1, 0.15) is 0 Å². The fraction of sp³-hybridized carbons (Fsp3) is 0.500. The van der Waals surface area contributed by atoms with Crippen molar-refractivity contribution >= 4 is 15.9 Å². The van der Waals surface area contributed by atoms with Crippen molar-refractivity contribution < 1.29 is 17.9 Å². The minimum atomic E-state index is -3.55. The summed E-state index contributed by atoms with van der Waals surface area (Å²) < 4.78 is 31.4. The van der Waals surface area contributed by atoms with E-state index in [0.29, 0.717) is 0 Å². The number of hydrogen-bond donors (Lipinski definition) is 3. The molecule has 0 spiro atoms. The molecule has 0 saturated heterocycles. The van der Waals surface area contributed by atoms with Crippen LogP contribution in [0.5, 0.6) is 0 Å². The molecule has 0 bridgehead atoms. The zero-order valence-electron chi connectivity index (χ0n) is 12.8. The molecule has 22 heavy (non-hydrogen) atoms. The number of ether oxygens (including phenoxy) is 1. The number of hydrogen-bond acceptors (Lipinski definition) is 5. The van der Waals surface area contributed by atoms with Crippen LogP contribution in [0.25, 0.3) is 0 Å². The number of amides is 1. The number of carbonyl (C=O) groups excluding carboxylic acids is 1. The lowest BCUT2D eigenvalue weighted by molar-refractivity contribution is -0.123. The van der Waals surface area contributed by atoms with E-state index in [1.54, 1.807) is 24.3 Å². The van der Waals surface area contributed by atoms with Gasteiger partial charge in [0.25, 0.3) is 0 Å². The number of methoxy groups -OCH3 is 1. The number of nitrogens with one attached hydrogen (secondary N) is 2. The van der Waals surface area contributed by atoms with Gasteiger partial charge < -0.3 is 15.8 Å². The molecule has 0 fully saturated rings. The molecule has 1 rings (SSSR count). The summed E-state index contributed by atoms with van der Waals surface area (Å²) in [6, 6.07) is 6.55. The van der Waals surface area contributed by atoms with E-state index in [9.17, 15) is 13.2 Å². The Kier molecular flexibility index (Phi) is 7.46. The van der Waals surface area contributed by atoms with Gasteiger partial charge in [-0.05, 0) is 19.1 Å². The molecule has 0 aliphatic carbocycles. The van der Waals surface area contributed by atoms with Crippen LogP contribution in [0, 0.1) is 6.92 Å². The number of benzene rings is 1. The van der Waals surface area contributed by atoms with E-state index in [2.05, 4.69) is 10.0 Å². The topological polar surface area (TPSA) is 111 Å². The highest BCUT2D eigenvalue weighted by Gasteiger charge is 2.14. The molecule has 7 nitrogen and oxygen atoms in total. The molecule has 0 heterocycles. The smallest absolute Gasteiger partial charge is 0.240 e. The Morgan fingerprint density at radius 3 is 2.45 bits per heavy atom. The van der Waals surface area contributed by atoms with Crippen LogP contribution in [-0.4, -0.2) is 47.2 Å². The highest BCUT2D eigenvalue weighted by Crippen LogP contribution is 2.09. The van der Waals surface area contributed by atoms with Crippen molar-refractivity contribution in [1.82, 2.24) is 10.0 Å².